The highest BCUT2D eigenvalue weighted by Crippen LogP contribution is 2.42. The van der Waals surface area contributed by atoms with Crippen LogP contribution in [0.1, 0.15) is 55.9 Å². The van der Waals surface area contributed by atoms with Gasteiger partial charge in [-0.05, 0) is 67.6 Å². The van der Waals surface area contributed by atoms with Crippen molar-refractivity contribution in [2.45, 2.75) is 43.8 Å². The summed E-state index contributed by atoms with van der Waals surface area (Å²) >= 11 is 13.3. The van der Waals surface area contributed by atoms with Crippen LogP contribution in [0, 0.1) is 17.1 Å². The molecule has 2 N–H and O–H groups in total. The molecule has 0 unspecified atom stereocenters. The van der Waals surface area contributed by atoms with Gasteiger partial charge in [0.2, 0.25) is 0 Å². The number of hydrogen-bond acceptors (Lipinski definition) is 7. The van der Waals surface area contributed by atoms with Gasteiger partial charge in [0, 0.05) is 17.3 Å². The van der Waals surface area contributed by atoms with Crippen LogP contribution < -0.4 is 15.4 Å². The summed E-state index contributed by atoms with van der Waals surface area (Å²) in [6, 6.07) is 15.3. The lowest BCUT2D eigenvalue weighted by Crippen LogP contribution is -2.13. The molecule has 1 atom stereocenters. The molecular weight excluding hydrogens is 576 g/mol. The van der Waals surface area contributed by atoms with E-state index in [2.05, 4.69) is 32.0 Å². The fourth-order valence-electron chi connectivity index (χ4n) is 4.72. The standard InChI is InChI=1S/C31H24Cl2FN7O/c32-24-2-1-3-26(31(24)42-22-10-11-22)38-28-18(14-35)15-36-30-23(28)12-20(13-25(30)33)37-29(17-4-6-19(34)7-5-17)27-16-41(40-39-27)21-8-9-21/h1-7,12-13,15-16,21-22,29,37H,8-11H2,(H,36,38)/t29-/m0/s1/i29D. The van der Waals surface area contributed by atoms with Gasteiger partial charge < -0.3 is 15.4 Å². The molecule has 2 heterocycles. The largest absolute Gasteiger partial charge is 0.487 e. The molecule has 0 radical (unpaired) electrons. The molecule has 2 aliphatic rings. The molecule has 0 bridgehead atoms. The summed E-state index contributed by atoms with van der Waals surface area (Å²) in [5, 5.41) is 26.5. The second-order valence-corrected chi connectivity index (χ2v) is 11.2. The monoisotopic (exact) mass is 600 g/mol. The second kappa shape index (κ2) is 10.8. The minimum atomic E-state index is -1.65. The maximum Gasteiger partial charge on any atom is 0.161 e. The minimum absolute atomic E-state index is 0.102. The maximum absolute atomic E-state index is 13.9. The van der Waals surface area contributed by atoms with Crippen molar-refractivity contribution in [2.75, 3.05) is 10.6 Å². The maximum atomic E-state index is 13.9. The quantitative estimate of drug-likeness (QED) is 0.177. The Morgan fingerprint density at radius 1 is 1.10 bits per heavy atom. The van der Waals surface area contributed by atoms with Crippen molar-refractivity contribution in [1.29, 1.82) is 5.26 Å². The van der Waals surface area contributed by atoms with Crippen LogP contribution in [-0.4, -0.2) is 26.1 Å². The Bertz CT molecular complexity index is 1900. The van der Waals surface area contributed by atoms with Gasteiger partial charge in [-0.15, -0.1) is 5.10 Å². The molecule has 210 valence electrons. The summed E-state index contributed by atoms with van der Waals surface area (Å²) in [5.74, 6) is 0.0829. The number of fused-ring (bicyclic) bond motifs is 1. The summed E-state index contributed by atoms with van der Waals surface area (Å²) in [5.41, 5.74) is 3.03. The smallest absolute Gasteiger partial charge is 0.161 e. The van der Waals surface area contributed by atoms with Crippen molar-refractivity contribution >= 4 is 51.2 Å². The molecule has 3 aromatic carbocycles. The zero-order valence-electron chi connectivity index (χ0n) is 23.1. The minimum Gasteiger partial charge on any atom is -0.487 e. The topological polar surface area (TPSA) is 101 Å². The number of nitrogens with one attached hydrogen (secondary N) is 2. The molecule has 0 saturated heterocycles. The number of nitriles is 1. The van der Waals surface area contributed by atoms with Gasteiger partial charge in [0.1, 0.15) is 17.6 Å². The van der Waals surface area contributed by atoms with E-state index in [9.17, 15) is 11.0 Å². The van der Waals surface area contributed by atoms with Crippen LogP contribution in [0.2, 0.25) is 10.0 Å². The lowest BCUT2D eigenvalue weighted by atomic mass is 10.0. The van der Waals surface area contributed by atoms with Crippen molar-refractivity contribution in [2.24, 2.45) is 0 Å². The van der Waals surface area contributed by atoms with Gasteiger partial charge in [-0.2, -0.15) is 5.26 Å². The van der Waals surface area contributed by atoms with E-state index in [-0.39, 0.29) is 17.7 Å². The molecular formula is C31H24Cl2FN7O. The lowest BCUT2D eigenvalue weighted by molar-refractivity contribution is 0.305. The van der Waals surface area contributed by atoms with Gasteiger partial charge in [0.05, 0.1) is 58.2 Å². The Labute approximate surface area is 252 Å². The summed E-state index contributed by atoms with van der Waals surface area (Å²) in [4.78, 5) is 4.45. The van der Waals surface area contributed by atoms with Crippen molar-refractivity contribution in [3.05, 3.63) is 99.7 Å². The fraction of sp³-hybridized carbons (Fsp3) is 0.226. The molecule has 2 aromatic heterocycles. The van der Waals surface area contributed by atoms with Crippen molar-refractivity contribution in [3.63, 3.8) is 0 Å². The number of ether oxygens (including phenoxy) is 1. The molecule has 0 aliphatic heterocycles. The first-order chi connectivity index (χ1) is 20.8. The molecule has 0 spiro atoms. The molecule has 2 fully saturated rings. The third-order valence-electron chi connectivity index (χ3n) is 7.17. The van der Waals surface area contributed by atoms with E-state index in [0.717, 1.165) is 25.7 Å². The predicted octanol–water partition coefficient (Wildman–Crippen LogP) is 7.97. The number of halogens is 3. The first-order valence-electron chi connectivity index (χ1n) is 14.0. The van der Waals surface area contributed by atoms with Gasteiger partial charge in [-0.25, -0.2) is 9.07 Å². The van der Waals surface area contributed by atoms with Crippen LogP contribution in [0.25, 0.3) is 10.9 Å². The van der Waals surface area contributed by atoms with Crippen LogP contribution in [0.5, 0.6) is 5.75 Å². The van der Waals surface area contributed by atoms with Crippen molar-refractivity contribution in [1.82, 2.24) is 20.0 Å². The van der Waals surface area contributed by atoms with E-state index in [4.69, 9.17) is 27.9 Å². The third-order valence-corrected chi connectivity index (χ3v) is 7.76. The number of pyridine rings is 1. The summed E-state index contributed by atoms with van der Waals surface area (Å²) in [6.07, 6.45) is 7.21. The normalized spacial score (nSPS) is 16.4. The van der Waals surface area contributed by atoms with Gasteiger partial charge in [-0.3, -0.25) is 4.98 Å². The number of aromatic nitrogens is 4. The Kier molecular flexibility index (Phi) is 6.50. The number of anilines is 3. The van der Waals surface area contributed by atoms with E-state index in [1.54, 1.807) is 35.1 Å². The number of para-hydroxylation sites is 1. The van der Waals surface area contributed by atoms with E-state index in [1.807, 2.05) is 6.07 Å². The van der Waals surface area contributed by atoms with Gasteiger partial charge >= 0.3 is 0 Å². The third kappa shape index (κ3) is 5.31. The summed E-state index contributed by atoms with van der Waals surface area (Å²) in [7, 11) is 0. The predicted molar refractivity (Wildman–Crippen MR) is 160 cm³/mol. The molecule has 11 heteroatoms. The number of nitrogens with zero attached hydrogens (tertiary/aromatic N) is 5. The van der Waals surface area contributed by atoms with Gasteiger partial charge in [0.25, 0.3) is 0 Å². The highest BCUT2D eigenvalue weighted by molar-refractivity contribution is 6.36. The molecule has 0 amide bonds. The average molecular weight is 601 g/mol. The summed E-state index contributed by atoms with van der Waals surface area (Å²) in [6.45, 7) is 0. The Morgan fingerprint density at radius 2 is 1.90 bits per heavy atom. The fourth-order valence-corrected chi connectivity index (χ4v) is 5.21. The number of hydrogen-bond donors (Lipinski definition) is 2. The van der Waals surface area contributed by atoms with Crippen molar-refractivity contribution in [3.8, 4) is 11.8 Å². The average Bonchev–Trinajstić information content (AvgIpc) is 3.94. The Hall–Kier alpha value is -4.39. The van der Waals surface area contributed by atoms with E-state index in [0.29, 0.717) is 55.0 Å². The summed E-state index contributed by atoms with van der Waals surface area (Å²) < 4.78 is 31.3. The van der Waals surface area contributed by atoms with Gasteiger partial charge in [0.15, 0.2) is 5.75 Å². The molecule has 7 rings (SSSR count). The highest BCUT2D eigenvalue weighted by atomic mass is 35.5. The van der Waals surface area contributed by atoms with Crippen LogP contribution in [0.4, 0.5) is 21.5 Å². The highest BCUT2D eigenvalue weighted by Gasteiger charge is 2.28. The SMILES string of the molecule is [2H][C@](Nc1cc(Cl)c2ncc(C#N)c(Nc3cccc(Cl)c3OC3CC3)c2c1)(c1ccc(F)cc1)c1cn(C2CC2)nn1. The zero-order valence-corrected chi connectivity index (χ0v) is 23.6. The lowest BCUT2D eigenvalue weighted by Gasteiger charge is -2.20. The van der Waals surface area contributed by atoms with Crippen LogP contribution in [-0.2, 0) is 0 Å². The van der Waals surface area contributed by atoms with E-state index < -0.39 is 11.8 Å². The molecule has 2 saturated carbocycles. The van der Waals surface area contributed by atoms with Crippen molar-refractivity contribution < 1.29 is 10.5 Å². The number of benzene rings is 3. The van der Waals surface area contributed by atoms with E-state index in [1.165, 1.54) is 30.5 Å². The second-order valence-electron chi connectivity index (χ2n) is 10.4. The molecule has 42 heavy (non-hydrogen) atoms. The molecule has 8 nitrogen and oxygen atoms in total. The van der Waals surface area contributed by atoms with E-state index >= 15 is 0 Å². The van der Waals surface area contributed by atoms with Gasteiger partial charge in [-0.1, -0.05) is 46.6 Å². The molecule has 5 aromatic rings. The number of rotatable bonds is 9. The van der Waals surface area contributed by atoms with Crippen LogP contribution >= 0.6 is 23.2 Å². The Balaban J connectivity index is 1.34. The zero-order chi connectivity index (χ0) is 29.7. The first kappa shape index (κ1) is 25.3. The Morgan fingerprint density at radius 3 is 2.64 bits per heavy atom. The molecule has 2 aliphatic carbocycles. The van der Waals surface area contributed by atoms with Crippen LogP contribution in [0.15, 0.2) is 67.0 Å². The first-order valence-corrected chi connectivity index (χ1v) is 14.3. The van der Waals surface area contributed by atoms with Crippen LogP contribution in [0.3, 0.4) is 0 Å².